The summed E-state index contributed by atoms with van der Waals surface area (Å²) in [6, 6.07) is 0. The zero-order chi connectivity index (χ0) is 17.5. The molecule has 0 bridgehead atoms. The Labute approximate surface area is 150 Å². The van der Waals surface area contributed by atoms with Gasteiger partial charge in [-0.1, -0.05) is 19.3 Å². The summed E-state index contributed by atoms with van der Waals surface area (Å²) in [6.45, 7) is 5.30. The number of rotatable bonds is 5. The van der Waals surface area contributed by atoms with Crippen LogP contribution < -0.4 is 10.6 Å². The molecule has 1 saturated heterocycles. The lowest BCUT2D eigenvalue weighted by molar-refractivity contribution is -0.0352. The van der Waals surface area contributed by atoms with Crippen LogP contribution in [0.4, 0.5) is 0 Å². The smallest absolute Gasteiger partial charge is 0.191 e. The Bertz CT molecular complexity index is 559. The summed E-state index contributed by atoms with van der Waals surface area (Å²) in [5.74, 6) is 1.71. The number of ether oxygens (including phenoxy) is 1. The van der Waals surface area contributed by atoms with E-state index in [1.807, 2.05) is 18.7 Å². The number of hydrogen-bond acceptors (Lipinski definition) is 5. The second-order valence-corrected chi connectivity index (χ2v) is 7.02. The first kappa shape index (κ1) is 18.1. The molecule has 140 valence electrons. The van der Waals surface area contributed by atoms with Crippen LogP contribution in [0.25, 0.3) is 0 Å². The van der Waals surface area contributed by atoms with Crippen LogP contribution in [0.2, 0.25) is 0 Å². The van der Waals surface area contributed by atoms with Gasteiger partial charge in [-0.3, -0.25) is 9.89 Å². The fourth-order valence-electron chi connectivity index (χ4n) is 3.95. The highest BCUT2D eigenvalue weighted by atomic mass is 16.5. The molecule has 2 fully saturated rings. The third-order valence-corrected chi connectivity index (χ3v) is 5.49. The largest absolute Gasteiger partial charge is 0.379 e. The summed E-state index contributed by atoms with van der Waals surface area (Å²) >= 11 is 0. The van der Waals surface area contributed by atoms with Crippen molar-refractivity contribution >= 4 is 5.96 Å². The molecule has 0 amide bonds. The summed E-state index contributed by atoms with van der Waals surface area (Å²) in [5, 5.41) is 14.9. The maximum Gasteiger partial charge on any atom is 0.191 e. The molecule has 1 saturated carbocycles. The maximum absolute atomic E-state index is 5.56. The summed E-state index contributed by atoms with van der Waals surface area (Å²) in [5.41, 5.74) is 0.227. The van der Waals surface area contributed by atoms with Gasteiger partial charge in [0.2, 0.25) is 0 Å². The van der Waals surface area contributed by atoms with E-state index in [1.54, 1.807) is 6.33 Å². The quantitative estimate of drug-likeness (QED) is 0.596. The Kier molecular flexibility index (Phi) is 6.25. The van der Waals surface area contributed by atoms with E-state index in [1.165, 1.54) is 32.1 Å². The van der Waals surface area contributed by atoms with Crippen molar-refractivity contribution in [2.45, 2.75) is 44.2 Å². The third-order valence-electron chi connectivity index (χ3n) is 5.49. The lowest BCUT2D eigenvalue weighted by Crippen LogP contribution is -2.60. The van der Waals surface area contributed by atoms with Gasteiger partial charge in [0.25, 0.3) is 0 Å². The molecule has 1 aromatic rings. The molecule has 25 heavy (non-hydrogen) atoms. The van der Waals surface area contributed by atoms with E-state index >= 15 is 0 Å². The van der Waals surface area contributed by atoms with Crippen molar-refractivity contribution in [3.05, 3.63) is 12.2 Å². The number of aliphatic imine (C=N–C) groups is 1. The van der Waals surface area contributed by atoms with Crippen molar-refractivity contribution in [3.8, 4) is 0 Å². The van der Waals surface area contributed by atoms with Gasteiger partial charge in [0.15, 0.2) is 11.8 Å². The highest BCUT2D eigenvalue weighted by Crippen LogP contribution is 2.33. The molecule has 2 aliphatic rings. The lowest BCUT2D eigenvalue weighted by atomic mass is 9.80. The van der Waals surface area contributed by atoms with E-state index < -0.39 is 0 Å². The van der Waals surface area contributed by atoms with Crippen molar-refractivity contribution in [3.63, 3.8) is 0 Å². The molecule has 8 nitrogen and oxygen atoms in total. The number of hydrogen-bond donors (Lipinski definition) is 2. The standard InChI is InChI=1S/C17H31N7O/c1-18-16(19-12-15-22-21-14-23(15)2)20-13-17(6-4-3-5-7-17)24-8-10-25-11-9-24/h14H,3-13H2,1-2H3,(H2,18,19,20). The number of aryl methyl sites for hydroxylation is 1. The average Bonchev–Trinajstić information content (AvgIpc) is 3.08. The Hall–Kier alpha value is -1.67. The fraction of sp³-hybridized carbons (Fsp3) is 0.824. The lowest BCUT2D eigenvalue weighted by Gasteiger charge is -2.48. The molecule has 0 radical (unpaired) electrons. The molecule has 3 rings (SSSR count). The SMILES string of the molecule is CN=C(NCc1nncn1C)NCC1(N2CCOCC2)CCCCC1. The second-order valence-electron chi connectivity index (χ2n) is 7.02. The first-order chi connectivity index (χ1) is 12.2. The van der Waals surface area contributed by atoms with E-state index in [2.05, 4.69) is 30.7 Å². The van der Waals surface area contributed by atoms with Crippen molar-refractivity contribution in [1.82, 2.24) is 30.3 Å². The summed E-state index contributed by atoms with van der Waals surface area (Å²) in [4.78, 5) is 7.01. The zero-order valence-electron chi connectivity index (χ0n) is 15.5. The molecule has 1 aliphatic heterocycles. The van der Waals surface area contributed by atoms with Gasteiger partial charge in [0, 0.05) is 39.3 Å². The molecule has 0 atom stereocenters. The molecule has 0 spiro atoms. The molecule has 0 aromatic carbocycles. The summed E-state index contributed by atoms with van der Waals surface area (Å²) < 4.78 is 7.47. The fourth-order valence-corrected chi connectivity index (χ4v) is 3.95. The van der Waals surface area contributed by atoms with Gasteiger partial charge >= 0.3 is 0 Å². The minimum Gasteiger partial charge on any atom is -0.379 e. The maximum atomic E-state index is 5.56. The topological polar surface area (TPSA) is 79.6 Å². The van der Waals surface area contributed by atoms with Gasteiger partial charge in [-0.2, -0.15) is 0 Å². The van der Waals surface area contributed by atoms with E-state index in [9.17, 15) is 0 Å². The Morgan fingerprint density at radius 2 is 2.00 bits per heavy atom. The molecule has 2 heterocycles. The predicted molar refractivity (Wildman–Crippen MR) is 97.4 cm³/mol. The van der Waals surface area contributed by atoms with Gasteiger partial charge in [0.1, 0.15) is 6.33 Å². The monoisotopic (exact) mass is 349 g/mol. The number of morpholine rings is 1. The van der Waals surface area contributed by atoms with Gasteiger partial charge in [-0.05, 0) is 12.8 Å². The van der Waals surface area contributed by atoms with Crippen LogP contribution >= 0.6 is 0 Å². The van der Waals surface area contributed by atoms with E-state index in [0.717, 1.165) is 44.6 Å². The number of nitrogens with zero attached hydrogens (tertiary/aromatic N) is 5. The minimum atomic E-state index is 0.227. The molecule has 1 aliphatic carbocycles. The van der Waals surface area contributed by atoms with Crippen molar-refractivity contribution in [1.29, 1.82) is 0 Å². The summed E-state index contributed by atoms with van der Waals surface area (Å²) in [6.07, 6.45) is 8.18. The van der Waals surface area contributed by atoms with Crippen LogP contribution in [0, 0.1) is 0 Å². The molecule has 2 N–H and O–H groups in total. The molecular weight excluding hydrogens is 318 g/mol. The van der Waals surface area contributed by atoms with Crippen molar-refractivity contribution in [2.24, 2.45) is 12.0 Å². The van der Waals surface area contributed by atoms with Gasteiger partial charge in [-0.25, -0.2) is 0 Å². The van der Waals surface area contributed by atoms with E-state index in [4.69, 9.17) is 4.74 Å². The Morgan fingerprint density at radius 1 is 1.24 bits per heavy atom. The van der Waals surface area contributed by atoms with Crippen LogP contribution in [0.3, 0.4) is 0 Å². The number of nitrogens with one attached hydrogen (secondary N) is 2. The van der Waals surface area contributed by atoms with Gasteiger partial charge in [0.05, 0.1) is 19.8 Å². The van der Waals surface area contributed by atoms with E-state index in [-0.39, 0.29) is 5.54 Å². The van der Waals surface area contributed by atoms with Crippen LogP contribution in [-0.2, 0) is 18.3 Å². The van der Waals surface area contributed by atoms with Crippen molar-refractivity contribution < 1.29 is 4.74 Å². The summed E-state index contributed by atoms with van der Waals surface area (Å²) in [7, 11) is 3.76. The first-order valence-corrected chi connectivity index (χ1v) is 9.34. The average molecular weight is 349 g/mol. The Morgan fingerprint density at radius 3 is 2.64 bits per heavy atom. The first-order valence-electron chi connectivity index (χ1n) is 9.34. The predicted octanol–water partition coefficient (Wildman–Crippen LogP) is 0.515. The molecular formula is C17H31N7O. The molecule has 8 heteroatoms. The van der Waals surface area contributed by atoms with Crippen LogP contribution in [-0.4, -0.2) is 71.1 Å². The minimum absolute atomic E-state index is 0.227. The zero-order valence-corrected chi connectivity index (χ0v) is 15.5. The van der Waals surface area contributed by atoms with Crippen LogP contribution in [0.5, 0.6) is 0 Å². The third kappa shape index (κ3) is 4.49. The van der Waals surface area contributed by atoms with Crippen molar-refractivity contribution in [2.75, 3.05) is 39.9 Å². The highest BCUT2D eigenvalue weighted by molar-refractivity contribution is 5.79. The highest BCUT2D eigenvalue weighted by Gasteiger charge is 2.38. The normalized spacial score (nSPS) is 21.9. The van der Waals surface area contributed by atoms with Gasteiger partial charge in [-0.15, -0.1) is 10.2 Å². The van der Waals surface area contributed by atoms with E-state index in [0.29, 0.717) is 6.54 Å². The van der Waals surface area contributed by atoms with Crippen LogP contribution in [0.1, 0.15) is 37.9 Å². The molecule has 1 aromatic heterocycles. The molecule has 0 unspecified atom stereocenters. The number of aromatic nitrogens is 3. The second kappa shape index (κ2) is 8.62. The Balaban J connectivity index is 1.58. The van der Waals surface area contributed by atoms with Crippen LogP contribution in [0.15, 0.2) is 11.3 Å². The van der Waals surface area contributed by atoms with Gasteiger partial charge < -0.3 is 19.9 Å². The number of guanidine groups is 1.